The van der Waals surface area contributed by atoms with Crippen LogP contribution in [0.15, 0.2) is 65.8 Å². The minimum atomic E-state index is 0.271. The summed E-state index contributed by atoms with van der Waals surface area (Å²) >= 11 is 3.52. The Morgan fingerprint density at radius 1 is 1.04 bits per heavy atom. The average molecular weight is 423 g/mol. The highest BCUT2D eigenvalue weighted by Crippen LogP contribution is 2.35. The van der Waals surface area contributed by atoms with Crippen molar-refractivity contribution in [1.29, 1.82) is 0 Å². The third kappa shape index (κ3) is 3.65. The van der Waals surface area contributed by atoms with Gasteiger partial charge in [-0.2, -0.15) is 4.98 Å². The number of nitrogens with one attached hydrogen (secondary N) is 1. The van der Waals surface area contributed by atoms with E-state index in [1.54, 1.807) is 18.6 Å². The number of ether oxygens (including phenoxy) is 1. The van der Waals surface area contributed by atoms with E-state index in [4.69, 9.17) is 10.5 Å². The van der Waals surface area contributed by atoms with Gasteiger partial charge in [0.05, 0.1) is 0 Å². The molecule has 0 spiro atoms. The number of aromatic nitrogens is 4. The van der Waals surface area contributed by atoms with Crippen molar-refractivity contribution >= 4 is 38.3 Å². The Bertz CT molecular complexity index is 1090. The quantitative estimate of drug-likeness (QED) is 0.497. The van der Waals surface area contributed by atoms with Crippen molar-refractivity contribution in [3.63, 3.8) is 0 Å². The molecule has 134 valence electrons. The Morgan fingerprint density at radius 3 is 2.78 bits per heavy atom. The van der Waals surface area contributed by atoms with Crippen LogP contribution in [0.4, 0.5) is 11.5 Å². The van der Waals surface area contributed by atoms with Crippen molar-refractivity contribution < 1.29 is 4.74 Å². The Labute approximate surface area is 163 Å². The first-order chi connectivity index (χ1) is 13.2. The molecule has 0 unspecified atom stereocenters. The monoisotopic (exact) mass is 422 g/mol. The van der Waals surface area contributed by atoms with E-state index in [2.05, 4.69) is 41.2 Å². The van der Waals surface area contributed by atoms with Crippen LogP contribution >= 0.6 is 15.9 Å². The van der Waals surface area contributed by atoms with E-state index < -0.39 is 0 Å². The maximum absolute atomic E-state index is 6.21. The lowest BCUT2D eigenvalue weighted by Crippen LogP contribution is -2.07. The fourth-order valence-electron chi connectivity index (χ4n) is 2.59. The molecule has 4 rings (SSSR count). The Balaban J connectivity index is 1.61. The Morgan fingerprint density at radius 2 is 1.93 bits per heavy atom. The van der Waals surface area contributed by atoms with Crippen LogP contribution in [-0.4, -0.2) is 19.9 Å². The van der Waals surface area contributed by atoms with E-state index in [0.29, 0.717) is 23.8 Å². The second-order valence-electron chi connectivity index (χ2n) is 5.70. The summed E-state index contributed by atoms with van der Waals surface area (Å²) in [4.78, 5) is 16.9. The van der Waals surface area contributed by atoms with Gasteiger partial charge in [0.2, 0.25) is 5.88 Å². The van der Waals surface area contributed by atoms with Crippen LogP contribution in [-0.2, 0) is 6.54 Å². The van der Waals surface area contributed by atoms with Crippen LogP contribution in [0.5, 0.6) is 11.6 Å². The van der Waals surface area contributed by atoms with Crippen molar-refractivity contribution in [2.75, 3.05) is 11.1 Å². The Hall–Kier alpha value is -3.26. The van der Waals surface area contributed by atoms with E-state index >= 15 is 0 Å². The van der Waals surface area contributed by atoms with Gasteiger partial charge in [0, 0.05) is 35.0 Å². The van der Waals surface area contributed by atoms with Gasteiger partial charge >= 0.3 is 0 Å². The van der Waals surface area contributed by atoms with E-state index in [9.17, 15) is 0 Å². The number of benzene rings is 1. The molecule has 0 aliphatic rings. The number of nitrogens with zero attached hydrogens (tertiary/aromatic N) is 4. The molecular formula is C19H15BrN6O. The summed E-state index contributed by atoms with van der Waals surface area (Å²) in [6.07, 6.45) is 6.63. The van der Waals surface area contributed by atoms with Gasteiger partial charge in [0.15, 0.2) is 11.6 Å². The van der Waals surface area contributed by atoms with E-state index in [1.165, 1.54) is 6.33 Å². The highest BCUT2D eigenvalue weighted by Gasteiger charge is 2.13. The zero-order valence-electron chi connectivity index (χ0n) is 14.1. The summed E-state index contributed by atoms with van der Waals surface area (Å²) in [5, 5.41) is 4.12. The third-order valence-corrected chi connectivity index (χ3v) is 4.61. The maximum Gasteiger partial charge on any atom is 0.248 e. The lowest BCUT2D eigenvalue weighted by atomic mass is 10.2. The van der Waals surface area contributed by atoms with Gasteiger partial charge in [0.1, 0.15) is 17.5 Å². The van der Waals surface area contributed by atoms with Crippen LogP contribution < -0.4 is 15.8 Å². The zero-order valence-corrected chi connectivity index (χ0v) is 15.7. The number of rotatable bonds is 5. The second kappa shape index (κ2) is 7.55. The number of hydrogen-bond acceptors (Lipinski definition) is 7. The molecule has 3 N–H and O–H groups in total. The zero-order chi connectivity index (χ0) is 18.6. The first-order valence-electron chi connectivity index (χ1n) is 8.16. The predicted octanol–water partition coefficient (Wildman–Crippen LogP) is 4.17. The molecule has 0 fully saturated rings. The molecule has 0 atom stereocenters. The minimum Gasteiger partial charge on any atom is -0.435 e. The molecule has 0 bridgehead atoms. The second-order valence-corrected chi connectivity index (χ2v) is 6.56. The lowest BCUT2D eigenvalue weighted by molar-refractivity contribution is 0.468. The van der Waals surface area contributed by atoms with Crippen molar-refractivity contribution in [2.45, 2.75) is 6.54 Å². The van der Waals surface area contributed by atoms with Crippen LogP contribution in [0, 0.1) is 0 Å². The molecule has 4 aromatic rings. The first-order valence-corrected chi connectivity index (χ1v) is 8.96. The normalized spacial score (nSPS) is 10.7. The molecule has 3 aromatic heterocycles. The van der Waals surface area contributed by atoms with Crippen LogP contribution in [0.3, 0.4) is 0 Å². The molecule has 1 aromatic carbocycles. The third-order valence-electron chi connectivity index (χ3n) is 3.92. The van der Waals surface area contributed by atoms with Crippen LogP contribution in [0.1, 0.15) is 5.56 Å². The van der Waals surface area contributed by atoms with Crippen molar-refractivity contribution in [2.24, 2.45) is 0 Å². The standard InChI is InChI=1S/C19H15BrN6O/c20-14-5-6-15(17-13(14)4-2-8-23-17)27-19-16(21)18(25-11-26-19)24-10-12-3-1-7-22-9-12/h1-9,11H,10,21H2,(H,24,25,26). The number of hydrogen-bond donors (Lipinski definition) is 2. The number of anilines is 2. The van der Waals surface area contributed by atoms with Gasteiger partial charge in [-0.3, -0.25) is 9.97 Å². The average Bonchev–Trinajstić information content (AvgIpc) is 2.71. The van der Waals surface area contributed by atoms with Gasteiger partial charge in [-0.15, -0.1) is 0 Å². The fourth-order valence-corrected chi connectivity index (χ4v) is 3.04. The van der Waals surface area contributed by atoms with E-state index in [0.717, 1.165) is 20.9 Å². The molecule has 0 saturated carbocycles. The number of nitrogen functional groups attached to an aromatic ring is 1. The topological polar surface area (TPSA) is 98.8 Å². The smallest absolute Gasteiger partial charge is 0.248 e. The fraction of sp³-hybridized carbons (Fsp3) is 0.0526. The molecule has 0 saturated heterocycles. The number of fused-ring (bicyclic) bond motifs is 1. The number of halogens is 1. The lowest BCUT2D eigenvalue weighted by Gasteiger charge is -2.13. The molecule has 0 aliphatic carbocycles. The van der Waals surface area contributed by atoms with Gasteiger partial charge in [0.25, 0.3) is 0 Å². The number of pyridine rings is 2. The van der Waals surface area contributed by atoms with Crippen molar-refractivity contribution in [3.05, 3.63) is 71.4 Å². The predicted molar refractivity (Wildman–Crippen MR) is 108 cm³/mol. The molecule has 27 heavy (non-hydrogen) atoms. The summed E-state index contributed by atoms with van der Waals surface area (Å²) in [6, 6.07) is 11.4. The largest absolute Gasteiger partial charge is 0.435 e. The van der Waals surface area contributed by atoms with E-state index in [-0.39, 0.29) is 5.88 Å². The van der Waals surface area contributed by atoms with Crippen LogP contribution in [0.2, 0.25) is 0 Å². The summed E-state index contributed by atoms with van der Waals surface area (Å²) < 4.78 is 6.90. The van der Waals surface area contributed by atoms with Crippen LogP contribution in [0.25, 0.3) is 10.9 Å². The first kappa shape index (κ1) is 17.2. The highest BCUT2D eigenvalue weighted by atomic mass is 79.9. The van der Waals surface area contributed by atoms with Gasteiger partial charge < -0.3 is 15.8 Å². The maximum atomic E-state index is 6.21. The van der Waals surface area contributed by atoms with Crippen molar-refractivity contribution in [3.8, 4) is 11.6 Å². The highest BCUT2D eigenvalue weighted by molar-refractivity contribution is 9.10. The number of nitrogens with two attached hydrogens (primary N) is 1. The summed E-state index contributed by atoms with van der Waals surface area (Å²) in [5.41, 5.74) is 8.27. The molecule has 3 heterocycles. The molecular weight excluding hydrogens is 408 g/mol. The van der Waals surface area contributed by atoms with Gasteiger partial charge in [-0.25, -0.2) is 4.98 Å². The molecule has 8 heteroatoms. The Kier molecular flexibility index (Phi) is 4.80. The molecule has 7 nitrogen and oxygen atoms in total. The molecule has 0 amide bonds. The van der Waals surface area contributed by atoms with E-state index in [1.807, 2.05) is 36.4 Å². The molecule has 0 radical (unpaired) electrons. The van der Waals surface area contributed by atoms with Gasteiger partial charge in [-0.1, -0.05) is 28.1 Å². The SMILES string of the molecule is Nc1c(NCc2cccnc2)ncnc1Oc1ccc(Br)c2cccnc12. The van der Waals surface area contributed by atoms with Crippen molar-refractivity contribution in [1.82, 2.24) is 19.9 Å². The minimum absolute atomic E-state index is 0.271. The summed E-state index contributed by atoms with van der Waals surface area (Å²) in [7, 11) is 0. The molecule has 0 aliphatic heterocycles. The summed E-state index contributed by atoms with van der Waals surface area (Å²) in [5.74, 6) is 1.34. The summed E-state index contributed by atoms with van der Waals surface area (Å²) in [6.45, 7) is 0.539. The van der Waals surface area contributed by atoms with Gasteiger partial charge in [-0.05, 0) is 29.8 Å².